The number of hydrogen-bond acceptors (Lipinski definition) is 3. The van der Waals surface area contributed by atoms with Crippen molar-refractivity contribution in [1.29, 1.82) is 0 Å². The van der Waals surface area contributed by atoms with Crippen molar-refractivity contribution in [1.82, 2.24) is 0 Å². The molecule has 4 nitrogen and oxygen atoms in total. The van der Waals surface area contributed by atoms with Crippen LogP contribution >= 0.6 is 0 Å². The van der Waals surface area contributed by atoms with Gasteiger partial charge < -0.3 is 14.6 Å². The molecule has 0 aliphatic carbocycles. The quantitative estimate of drug-likeness (QED) is 0.0813. The predicted molar refractivity (Wildman–Crippen MR) is 185 cm³/mol. The Morgan fingerprint density at radius 1 is 0.442 bits per heavy atom. The van der Waals surface area contributed by atoms with Gasteiger partial charge in [0.1, 0.15) is 11.5 Å². The molecule has 0 fully saturated rings. The van der Waals surface area contributed by atoms with Crippen LogP contribution in [0.5, 0.6) is 11.5 Å². The highest BCUT2D eigenvalue weighted by Gasteiger charge is 2.09. The largest absolute Gasteiger partial charge is 0.493 e. The zero-order chi connectivity index (χ0) is 31.1. The summed E-state index contributed by atoms with van der Waals surface area (Å²) >= 11 is 0. The molecular weight excluding hydrogens is 532 g/mol. The van der Waals surface area contributed by atoms with E-state index in [1.54, 1.807) is 12.1 Å². The van der Waals surface area contributed by atoms with Crippen molar-refractivity contribution in [3.63, 3.8) is 0 Å². The first-order chi connectivity index (χ1) is 21.2. The lowest BCUT2D eigenvalue weighted by molar-refractivity contribution is 0.0695. The van der Waals surface area contributed by atoms with Gasteiger partial charge in [-0.15, -0.1) is 0 Å². The maximum absolute atomic E-state index is 11.6. The summed E-state index contributed by atoms with van der Waals surface area (Å²) in [5, 5.41) is 9.53. The molecule has 250 valence electrons. The van der Waals surface area contributed by atoms with Gasteiger partial charge in [0.25, 0.3) is 0 Å². The van der Waals surface area contributed by atoms with Gasteiger partial charge in [0.2, 0.25) is 0 Å². The minimum atomic E-state index is -0.941. The molecule has 0 radical (unpaired) electrons. The smallest absolute Gasteiger partial charge is 0.335 e. The second-order valence-corrected chi connectivity index (χ2v) is 12.9. The van der Waals surface area contributed by atoms with E-state index in [-0.39, 0.29) is 5.56 Å². The number of unbranched alkanes of at least 4 members (excludes halogenated alkanes) is 26. The van der Waals surface area contributed by atoms with Gasteiger partial charge in [-0.25, -0.2) is 4.79 Å². The van der Waals surface area contributed by atoms with Crippen molar-refractivity contribution in [3.8, 4) is 11.5 Å². The van der Waals surface area contributed by atoms with Crippen LogP contribution in [0.25, 0.3) is 0 Å². The summed E-state index contributed by atoms with van der Waals surface area (Å²) in [5.41, 5.74) is 0.231. The fourth-order valence-corrected chi connectivity index (χ4v) is 5.84. The van der Waals surface area contributed by atoms with Crippen LogP contribution < -0.4 is 9.47 Å². The number of carboxylic acids is 1. The van der Waals surface area contributed by atoms with Crippen molar-refractivity contribution in [2.45, 2.75) is 194 Å². The topological polar surface area (TPSA) is 55.8 Å². The van der Waals surface area contributed by atoms with E-state index in [1.807, 2.05) is 6.07 Å². The minimum Gasteiger partial charge on any atom is -0.493 e. The van der Waals surface area contributed by atoms with E-state index in [9.17, 15) is 9.90 Å². The fourth-order valence-electron chi connectivity index (χ4n) is 5.84. The molecule has 43 heavy (non-hydrogen) atoms. The Morgan fingerprint density at radius 3 is 0.953 bits per heavy atom. The second-order valence-electron chi connectivity index (χ2n) is 12.9. The van der Waals surface area contributed by atoms with Crippen LogP contribution in [0.3, 0.4) is 0 Å². The average Bonchev–Trinajstić information content (AvgIpc) is 3.01. The Bertz CT molecular complexity index is 695. The molecule has 1 N–H and O–H groups in total. The van der Waals surface area contributed by atoms with Crippen LogP contribution in [-0.2, 0) is 0 Å². The summed E-state index contributed by atoms with van der Waals surface area (Å²) in [6.45, 7) is 5.80. The van der Waals surface area contributed by atoms with Gasteiger partial charge in [0, 0.05) is 6.07 Å². The highest BCUT2D eigenvalue weighted by molar-refractivity contribution is 5.88. The van der Waals surface area contributed by atoms with Gasteiger partial charge in [-0.05, 0) is 25.0 Å². The van der Waals surface area contributed by atoms with Crippen molar-refractivity contribution in [2.75, 3.05) is 13.2 Å². The van der Waals surface area contributed by atoms with Gasteiger partial charge in [-0.3, -0.25) is 0 Å². The second kappa shape index (κ2) is 30.3. The van der Waals surface area contributed by atoms with E-state index in [1.165, 1.54) is 167 Å². The van der Waals surface area contributed by atoms with Gasteiger partial charge in [-0.2, -0.15) is 0 Å². The molecule has 0 aliphatic heterocycles. The Balaban J connectivity index is 2.05. The highest BCUT2D eigenvalue weighted by atomic mass is 16.5. The van der Waals surface area contributed by atoms with E-state index in [0.29, 0.717) is 24.7 Å². The molecule has 0 atom stereocenters. The Morgan fingerprint density at radius 2 is 0.698 bits per heavy atom. The van der Waals surface area contributed by atoms with E-state index < -0.39 is 5.97 Å². The average molecular weight is 603 g/mol. The van der Waals surface area contributed by atoms with Crippen molar-refractivity contribution in [3.05, 3.63) is 23.8 Å². The summed E-state index contributed by atoms with van der Waals surface area (Å²) in [6, 6.07) is 5.08. The van der Waals surface area contributed by atoms with Crippen LogP contribution in [-0.4, -0.2) is 24.3 Å². The maximum Gasteiger partial charge on any atom is 0.335 e. The van der Waals surface area contributed by atoms with Crippen LogP contribution in [0.4, 0.5) is 0 Å². The van der Waals surface area contributed by atoms with Gasteiger partial charge in [0.05, 0.1) is 18.8 Å². The fraction of sp³-hybridized carbons (Fsp3) is 0.821. The first-order valence-corrected chi connectivity index (χ1v) is 18.8. The third-order valence-electron chi connectivity index (χ3n) is 8.66. The number of ether oxygens (including phenoxy) is 2. The zero-order valence-electron chi connectivity index (χ0n) is 28.6. The predicted octanol–water partition coefficient (Wildman–Crippen LogP) is 13.1. The molecule has 0 amide bonds. The lowest BCUT2D eigenvalue weighted by Crippen LogP contribution is -2.03. The molecule has 1 aromatic rings. The molecule has 0 unspecified atom stereocenters. The number of hydrogen-bond donors (Lipinski definition) is 1. The Hall–Kier alpha value is -1.71. The number of benzene rings is 1. The standard InChI is InChI=1S/C39H70O4/c1-3-5-7-9-11-13-15-17-19-21-23-25-27-29-31-42-37-33-36(39(40)41)34-38(35-37)43-32-30-28-26-24-22-20-18-16-14-12-10-8-6-4-2/h33-35H,3-32H2,1-2H3,(H,40,41). The molecule has 0 heterocycles. The zero-order valence-corrected chi connectivity index (χ0v) is 28.6. The molecule has 0 aromatic heterocycles. The number of carboxylic acid groups (broad SMARTS) is 1. The number of carbonyl (C=O) groups is 1. The third kappa shape index (κ3) is 25.3. The normalized spacial score (nSPS) is 11.2. The SMILES string of the molecule is CCCCCCCCCCCCCCCCOc1cc(OCCCCCCCCCCCCCCCC)cc(C(=O)O)c1. The molecule has 0 saturated heterocycles. The van der Waals surface area contributed by atoms with E-state index in [4.69, 9.17) is 9.47 Å². The molecular formula is C39H70O4. The molecule has 1 rings (SSSR count). The van der Waals surface area contributed by atoms with E-state index in [0.717, 1.165) is 12.8 Å². The summed E-state index contributed by atoms with van der Waals surface area (Å²) in [6.07, 6.45) is 37.3. The molecule has 1 aromatic carbocycles. The van der Waals surface area contributed by atoms with Crippen LogP contribution in [0.15, 0.2) is 18.2 Å². The van der Waals surface area contributed by atoms with Crippen molar-refractivity contribution in [2.24, 2.45) is 0 Å². The monoisotopic (exact) mass is 603 g/mol. The molecule has 0 saturated carbocycles. The molecule has 0 spiro atoms. The Labute approximate surface area is 267 Å². The summed E-state index contributed by atoms with van der Waals surface area (Å²) in [7, 11) is 0. The first-order valence-electron chi connectivity index (χ1n) is 18.8. The first kappa shape index (κ1) is 39.3. The van der Waals surface area contributed by atoms with Gasteiger partial charge in [0.15, 0.2) is 0 Å². The van der Waals surface area contributed by atoms with Gasteiger partial charge >= 0.3 is 5.97 Å². The van der Waals surface area contributed by atoms with Crippen LogP contribution in [0, 0.1) is 0 Å². The molecule has 4 heteroatoms. The van der Waals surface area contributed by atoms with Crippen LogP contribution in [0.2, 0.25) is 0 Å². The van der Waals surface area contributed by atoms with Crippen LogP contribution in [0.1, 0.15) is 204 Å². The summed E-state index contributed by atoms with van der Waals surface area (Å²) < 4.78 is 11.9. The highest BCUT2D eigenvalue weighted by Crippen LogP contribution is 2.24. The van der Waals surface area contributed by atoms with Crippen molar-refractivity contribution >= 4 is 5.97 Å². The lowest BCUT2D eigenvalue weighted by Gasteiger charge is -2.11. The molecule has 0 bridgehead atoms. The number of aromatic carboxylic acids is 1. The molecule has 0 aliphatic rings. The number of rotatable bonds is 33. The maximum atomic E-state index is 11.6. The minimum absolute atomic E-state index is 0.231. The van der Waals surface area contributed by atoms with Gasteiger partial charge in [-0.1, -0.05) is 181 Å². The van der Waals surface area contributed by atoms with E-state index in [2.05, 4.69) is 13.8 Å². The summed E-state index contributed by atoms with van der Waals surface area (Å²) in [4.78, 5) is 11.6. The Kier molecular flexibility index (Phi) is 27.7. The van der Waals surface area contributed by atoms with Crippen molar-refractivity contribution < 1.29 is 19.4 Å². The van der Waals surface area contributed by atoms with E-state index >= 15 is 0 Å². The lowest BCUT2D eigenvalue weighted by atomic mass is 10.0. The third-order valence-corrected chi connectivity index (χ3v) is 8.66. The summed E-state index contributed by atoms with van der Waals surface area (Å²) in [5.74, 6) is 0.263.